The minimum atomic E-state index is -0.777. The van der Waals surface area contributed by atoms with Crippen LogP contribution in [0.15, 0.2) is 77.9 Å². The summed E-state index contributed by atoms with van der Waals surface area (Å²) < 4.78 is 5.70. The maximum Gasteiger partial charge on any atom is 0.269 e. The monoisotopic (exact) mass is 508 g/mol. The lowest BCUT2D eigenvalue weighted by Crippen LogP contribution is -2.48. The normalized spacial score (nSPS) is 11.8. The highest BCUT2D eigenvalue weighted by molar-refractivity contribution is 6.30. The molecule has 1 atom stereocenters. The molecule has 2 N–H and O–H groups in total. The topological polar surface area (TPSA) is 123 Å². The minimum absolute atomic E-state index is 0.0260. The molecule has 0 radical (unpaired) electrons. The summed E-state index contributed by atoms with van der Waals surface area (Å²) >= 11 is 5.86. The SMILES string of the molecule is CC(C)C(NC(=O)c1ccc(Cl)cc1)C(=O)NN=Cc1ccc(OCc2ccc([N+](=O)[O-])cc2)cc1. The van der Waals surface area contributed by atoms with E-state index in [4.69, 9.17) is 16.3 Å². The van der Waals surface area contributed by atoms with E-state index in [9.17, 15) is 19.7 Å². The second-order valence-corrected chi connectivity index (χ2v) is 8.65. The van der Waals surface area contributed by atoms with Gasteiger partial charge in [0.25, 0.3) is 17.5 Å². The predicted molar refractivity (Wildman–Crippen MR) is 137 cm³/mol. The van der Waals surface area contributed by atoms with Crippen LogP contribution < -0.4 is 15.5 Å². The predicted octanol–water partition coefficient (Wildman–Crippen LogP) is 4.73. The number of nitrogens with one attached hydrogen (secondary N) is 2. The minimum Gasteiger partial charge on any atom is -0.489 e. The first-order valence-corrected chi connectivity index (χ1v) is 11.5. The Hall–Kier alpha value is -4.24. The van der Waals surface area contributed by atoms with Gasteiger partial charge in [0.05, 0.1) is 11.1 Å². The van der Waals surface area contributed by atoms with Crippen molar-refractivity contribution >= 4 is 35.3 Å². The summed E-state index contributed by atoms with van der Waals surface area (Å²) in [5.74, 6) is -0.372. The fourth-order valence-electron chi connectivity index (χ4n) is 3.13. The molecule has 2 amide bonds. The average molecular weight is 509 g/mol. The Labute approximate surface area is 213 Å². The number of nitrogens with zero attached hydrogens (tertiary/aromatic N) is 2. The number of rotatable bonds is 10. The van der Waals surface area contributed by atoms with Crippen LogP contribution in [0.4, 0.5) is 5.69 Å². The van der Waals surface area contributed by atoms with Crippen LogP contribution in [-0.4, -0.2) is 29.0 Å². The zero-order valence-electron chi connectivity index (χ0n) is 19.7. The molecule has 3 aromatic carbocycles. The molecule has 186 valence electrons. The van der Waals surface area contributed by atoms with Gasteiger partial charge in [0.15, 0.2) is 0 Å². The fourth-order valence-corrected chi connectivity index (χ4v) is 3.26. The third kappa shape index (κ3) is 7.64. The summed E-state index contributed by atoms with van der Waals surface area (Å²) in [7, 11) is 0. The number of benzene rings is 3. The van der Waals surface area contributed by atoms with Crippen LogP contribution in [0.3, 0.4) is 0 Å². The molecule has 0 heterocycles. The van der Waals surface area contributed by atoms with E-state index in [1.54, 1.807) is 60.7 Å². The molecule has 0 spiro atoms. The Morgan fingerprint density at radius 1 is 1.03 bits per heavy atom. The number of nitro groups is 1. The summed E-state index contributed by atoms with van der Waals surface area (Å²) in [6.07, 6.45) is 1.48. The van der Waals surface area contributed by atoms with E-state index in [-0.39, 0.29) is 24.1 Å². The molecule has 0 saturated carbocycles. The van der Waals surface area contributed by atoms with Gasteiger partial charge in [-0.15, -0.1) is 0 Å². The number of halogens is 1. The van der Waals surface area contributed by atoms with Gasteiger partial charge in [-0.1, -0.05) is 25.4 Å². The maximum atomic E-state index is 12.6. The highest BCUT2D eigenvalue weighted by Gasteiger charge is 2.24. The van der Waals surface area contributed by atoms with Crippen molar-refractivity contribution in [2.24, 2.45) is 11.0 Å². The number of carbonyl (C=O) groups excluding carboxylic acids is 2. The third-order valence-corrected chi connectivity index (χ3v) is 5.42. The number of amides is 2. The summed E-state index contributed by atoms with van der Waals surface area (Å²) in [5, 5.41) is 18.0. The Morgan fingerprint density at radius 3 is 2.25 bits per heavy atom. The number of hydrogen-bond donors (Lipinski definition) is 2. The van der Waals surface area contributed by atoms with Gasteiger partial charge in [0.2, 0.25) is 0 Å². The van der Waals surface area contributed by atoms with Gasteiger partial charge in [-0.05, 0) is 77.7 Å². The summed E-state index contributed by atoms with van der Waals surface area (Å²) in [6, 6.07) is 18.8. The second kappa shape index (κ2) is 12.5. The molecule has 0 fully saturated rings. The molecular formula is C26H25ClN4O5. The van der Waals surface area contributed by atoms with E-state index in [1.165, 1.54) is 18.3 Å². The molecule has 1 unspecified atom stereocenters. The summed E-state index contributed by atoms with van der Waals surface area (Å²) in [5.41, 5.74) is 4.42. The van der Waals surface area contributed by atoms with Crippen molar-refractivity contribution in [2.45, 2.75) is 26.5 Å². The maximum absolute atomic E-state index is 12.6. The summed E-state index contributed by atoms with van der Waals surface area (Å²) in [4.78, 5) is 35.4. The lowest BCUT2D eigenvalue weighted by atomic mass is 10.0. The van der Waals surface area contributed by atoms with Gasteiger partial charge < -0.3 is 10.1 Å². The molecule has 0 aliphatic heterocycles. The van der Waals surface area contributed by atoms with Gasteiger partial charge in [-0.3, -0.25) is 19.7 Å². The zero-order chi connectivity index (χ0) is 26.1. The lowest BCUT2D eigenvalue weighted by molar-refractivity contribution is -0.384. The van der Waals surface area contributed by atoms with E-state index in [0.29, 0.717) is 16.3 Å². The average Bonchev–Trinajstić information content (AvgIpc) is 2.87. The first kappa shape index (κ1) is 26.4. The Balaban J connectivity index is 1.51. The number of hydrazone groups is 1. The molecule has 9 nitrogen and oxygen atoms in total. The van der Waals surface area contributed by atoms with Crippen LogP contribution in [0, 0.1) is 16.0 Å². The van der Waals surface area contributed by atoms with Crippen LogP contribution in [0.2, 0.25) is 5.02 Å². The first-order valence-electron chi connectivity index (χ1n) is 11.1. The molecule has 0 bridgehead atoms. The largest absolute Gasteiger partial charge is 0.489 e. The van der Waals surface area contributed by atoms with E-state index in [0.717, 1.165) is 11.1 Å². The third-order valence-electron chi connectivity index (χ3n) is 5.16. The van der Waals surface area contributed by atoms with Crippen molar-refractivity contribution in [3.05, 3.63) is 105 Å². The number of hydrogen-bond acceptors (Lipinski definition) is 6. The summed E-state index contributed by atoms with van der Waals surface area (Å²) in [6.45, 7) is 3.91. The fraction of sp³-hybridized carbons (Fsp3) is 0.192. The van der Waals surface area contributed by atoms with Crippen molar-refractivity contribution in [3.8, 4) is 5.75 Å². The Morgan fingerprint density at radius 2 is 1.67 bits per heavy atom. The van der Waals surface area contributed by atoms with Gasteiger partial charge in [-0.2, -0.15) is 5.10 Å². The zero-order valence-corrected chi connectivity index (χ0v) is 20.4. The van der Waals surface area contributed by atoms with Crippen LogP contribution in [0.5, 0.6) is 5.75 Å². The molecule has 0 aliphatic rings. The van der Waals surface area contributed by atoms with Gasteiger partial charge >= 0.3 is 0 Å². The van der Waals surface area contributed by atoms with Crippen molar-refractivity contribution in [2.75, 3.05) is 0 Å². The van der Waals surface area contributed by atoms with Crippen molar-refractivity contribution in [3.63, 3.8) is 0 Å². The Bertz CT molecular complexity index is 1230. The number of ether oxygens (including phenoxy) is 1. The molecule has 0 aliphatic carbocycles. The second-order valence-electron chi connectivity index (χ2n) is 8.22. The first-order chi connectivity index (χ1) is 17.2. The van der Waals surface area contributed by atoms with Crippen LogP contribution >= 0.6 is 11.6 Å². The Kier molecular flexibility index (Phi) is 9.13. The molecular weight excluding hydrogens is 484 g/mol. The van der Waals surface area contributed by atoms with Crippen LogP contribution in [0.25, 0.3) is 0 Å². The number of non-ortho nitro benzene ring substituents is 1. The lowest BCUT2D eigenvalue weighted by Gasteiger charge is -2.20. The molecule has 10 heteroatoms. The van der Waals surface area contributed by atoms with Gasteiger partial charge in [-0.25, -0.2) is 5.43 Å². The van der Waals surface area contributed by atoms with E-state index in [2.05, 4.69) is 15.8 Å². The van der Waals surface area contributed by atoms with Crippen LogP contribution in [-0.2, 0) is 11.4 Å². The molecule has 0 saturated heterocycles. The van der Waals surface area contributed by atoms with Gasteiger partial charge in [0, 0.05) is 22.7 Å². The molecule has 36 heavy (non-hydrogen) atoms. The number of nitro benzene ring substituents is 1. The standard InChI is InChI=1S/C26H25ClN4O5/c1-17(2)24(29-25(32)20-7-9-21(27)10-8-20)26(33)30-28-15-18-5-13-23(14-6-18)36-16-19-3-11-22(12-4-19)31(34)35/h3-15,17,24H,16H2,1-2H3,(H,29,32)(H,30,33). The highest BCUT2D eigenvalue weighted by atomic mass is 35.5. The smallest absolute Gasteiger partial charge is 0.269 e. The van der Waals surface area contributed by atoms with E-state index >= 15 is 0 Å². The van der Waals surface area contributed by atoms with Gasteiger partial charge in [0.1, 0.15) is 18.4 Å². The highest BCUT2D eigenvalue weighted by Crippen LogP contribution is 2.16. The van der Waals surface area contributed by atoms with E-state index < -0.39 is 16.9 Å². The molecule has 3 aromatic rings. The molecule has 3 rings (SSSR count). The van der Waals surface area contributed by atoms with Crippen molar-refractivity contribution in [1.82, 2.24) is 10.7 Å². The van der Waals surface area contributed by atoms with E-state index in [1.807, 2.05) is 13.8 Å². The van der Waals surface area contributed by atoms with Crippen LogP contribution in [0.1, 0.15) is 35.3 Å². The van der Waals surface area contributed by atoms with Crippen molar-refractivity contribution in [1.29, 1.82) is 0 Å². The van der Waals surface area contributed by atoms with Crippen molar-refractivity contribution < 1.29 is 19.2 Å². The quantitative estimate of drug-likeness (QED) is 0.233. The molecule has 0 aromatic heterocycles. The number of carbonyl (C=O) groups is 2.